The van der Waals surface area contributed by atoms with Gasteiger partial charge in [0.15, 0.2) is 0 Å². The molecule has 5 aliphatic rings. The molecule has 0 unspecified atom stereocenters. The number of allylic oxidation sites excluding steroid dienone is 1. The molecule has 0 bridgehead atoms. The number of rotatable bonds is 8. The zero-order valence-corrected chi connectivity index (χ0v) is 25.2. The summed E-state index contributed by atoms with van der Waals surface area (Å²) in [6.07, 6.45) is 11.0. The third-order valence-corrected chi connectivity index (χ3v) is 12.6. The number of nitrogens with one attached hydrogen (secondary N) is 1. The first kappa shape index (κ1) is 30.0. The zero-order chi connectivity index (χ0) is 28.1. The maximum Gasteiger partial charge on any atom is 0.137 e. The van der Waals surface area contributed by atoms with Crippen molar-refractivity contribution in [3.8, 4) is 0 Å². The molecule has 6 nitrogen and oxygen atoms in total. The van der Waals surface area contributed by atoms with Crippen molar-refractivity contribution in [1.29, 1.82) is 0 Å². The summed E-state index contributed by atoms with van der Waals surface area (Å²) in [7, 11) is 0. The van der Waals surface area contributed by atoms with Crippen LogP contribution in [0.4, 0.5) is 0 Å². The highest BCUT2D eigenvalue weighted by molar-refractivity contribution is 5.26. The number of hydrogen-bond acceptors (Lipinski definition) is 6. The Morgan fingerprint density at radius 3 is 2.44 bits per heavy atom. The Labute approximate surface area is 237 Å². The highest BCUT2D eigenvalue weighted by Gasteiger charge is 2.59. The number of ether oxygens (including phenoxy) is 1. The van der Waals surface area contributed by atoms with E-state index >= 15 is 0 Å². The first-order valence-electron chi connectivity index (χ1n) is 16.3. The van der Waals surface area contributed by atoms with Gasteiger partial charge in [-0.15, -0.1) is 0 Å². The van der Waals surface area contributed by atoms with Crippen molar-refractivity contribution in [3.05, 3.63) is 11.6 Å². The fourth-order valence-electron chi connectivity index (χ4n) is 10.3. The number of hydrogen-bond donors (Lipinski definition) is 5. The van der Waals surface area contributed by atoms with Gasteiger partial charge in [0.25, 0.3) is 0 Å². The minimum absolute atomic E-state index is 0.152. The molecule has 4 fully saturated rings. The standard InChI is InChI=1S/C33H57NO5/c1-19(2)7-6-8-20(3)24-11-12-25-23-10-9-21-17-22(13-15-32(21,4)26(23)14-16-33(24,25)5)34-31-30(38)29(37)28(36)27(18-35)39-31/h9,19-20,22-31,34-38H,6-8,10-18H2,1-5H3/t20-,22+,23+,24-,25+,26+,27-,28-,29-,30+,31+,32+,33-/m1/s1. The molecule has 0 amide bonds. The highest BCUT2D eigenvalue weighted by atomic mass is 16.6. The van der Waals surface area contributed by atoms with Crippen molar-refractivity contribution in [2.24, 2.45) is 46.3 Å². The van der Waals surface area contributed by atoms with E-state index in [1.54, 1.807) is 5.57 Å². The molecule has 3 saturated carbocycles. The van der Waals surface area contributed by atoms with E-state index in [1.807, 2.05) is 0 Å². The molecule has 224 valence electrons. The summed E-state index contributed by atoms with van der Waals surface area (Å²) in [4.78, 5) is 0. The topological polar surface area (TPSA) is 102 Å². The Morgan fingerprint density at radius 2 is 1.72 bits per heavy atom. The van der Waals surface area contributed by atoms with Crippen LogP contribution in [0.25, 0.3) is 0 Å². The lowest BCUT2D eigenvalue weighted by atomic mass is 9.47. The predicted molar refractivity (Wildman–Crippen MR) is 154 cm³/mol. The van der Waals surface area contributed by atoms with E-state index in [9.17, 15) is 20.4 Å². The van der Waals surface area contributed by atoms with Crippen LogP contribution in [-0.4, -0.2) is 63.7 Å². The molecule has 1 aliphatic heterocycles. The molecule has 13 atom stereocenters. The summed E-state index contributed by atoms with van der Waals surface area (Å²) >= 11 is 0. The van der Waals surface area contributed by atoms with Crippen molar-refractivity contribution in [2.45, 2.75) is 142 Å². The number of aliphatic hydroxyl groups excluding tert-OH is 4. The minimum atomic E-state index is -1.33. The second-order valence-corrected chi connectivity index (χ2v) is 15.1. The molecule has 0 aromatic heterocycles. The normalized spacial score (nSPS) is 48.7. The van der Waals surface area contributed by atoms with Gasteiger partial charge >= 0.3 is 0 Å². The Kier molecular flexibility index (Phi) is 8.95. The third kappa shape index (κ3) is 5.41. The maximum atomic E-state index is 10.5. The smallest absolute Gasteiger partial charge is 0.137 e. The molecule has 1 saturated heterocycles. The van der Waals surface area contributed by atoms with Crippen LogP contribution in [0.1, 0.15) is 105 Å². The lowest BCUT2D eigenvalue weighted by Crippen LogP contribution is -2.64. The first-order valence-corrected chi connectivity index (χ1v) is 16.3. The van der Waals surface area contributed by atoms with Crippen LogP contribution in [0.2, 0.25) is 0 Å². The van der Waals surface area contributed by atoms with Crippen LogP contribution in [0.3, 0.4) is 0 Å². The Hall–Kier alpha value is -0.500. The van der Waals surface area contributed by atoms with Gasteiger partial charge in [0.05, 0.1) is 6.61 Å². The Morgan fingerprint density at radius 1 is 0.949 bits per heavy atom. The van der Waals surface area contributed by atoms with Gasteiger partial charge in [0.2, 0.25) is 0 Å². The van der Waals surface area contributed by atoms with Gasteiger partial charge in [-0.2, -0.15) is 0 Å². The van der Waals surface area contributed by atoms with Gasteiger partial charge < -0.3 is 25.2 Å². The molecule has 0 spiro atoms. The van der Waals surface area contributed by atoms with Gasteiger partial charge in [-0.25, -0.2) is 0 Å². The molecule has 39 heavy (non-hydrogen) atoms. The van der Waals surface area contributed by atoms with Gasteiger partial charge in [0, 0.05) is 6.04 Å². The van der Waals surface area contributed by atoms with Crippen LogP contribution >= 0.6 is 0 Å². The van der Waals surface area contributed by atoms with Crippen LogP contribution < -0.4 is 5.32 Å². The number of fused-ring (bicyclic) bond motifs is 5. The van der Waals surface area contributed by atoms with Crippen LogP contribution in [0.15, 0.2) is 11.6 Å². The molecular weight excluding hydrogens is 490 g/mol. The van der Waals surface area contributed by atoms with E-state index in [2.05, 4.69) is 46.0 Å². The molecule has 0 aromatic rings. The van der Waals surface area contributed by atoms with Crippen molar-refractivity contribution in [1.82, 2.24) is 5.32 Å². The molecule has 0 radical (unpaired) electrons. The number of aliphatic hydroxyl groups is 4. The van der Waals surface area contributed by atoms with Crippen LogP contribution in [-0.2, 0) is 4.74 Å². The average Bonchev–Trinajstić information content (AvgIpc) is 3.26. The summed E-state index contributed by atoms with van der Waals surface area (Å²) in [6, 6.07) is 0.152. The fraction of sp³-hybridized carbons (Fsp3) is 0.939. The lowest BCUT2D eigenvalue weighted by molar-refractivity contribution is -0.238. The predicted octanol–water partition coefficient (Wildman–Crippen LogP) is 4.79. The Balaban J connectivity index is 1.24. The van der Waals surface area contributed by atoms with E-state index < -0.39 is 37.3 Å². The fourth-order valence-corrected chi connectivity index (χ4v) is 10.3. The quantitative estimate of drug-likeness (QED) is 0.280. The largest absolute Gasteiger partial charge is 0.394 e. The summed E-state index contributed by atoms with van der Waals surface area (Å²) < 4.78 is 5.76. The summed E-state index contributed by atoms with van der Waals surface area (Å²) in [5.74, 6) is 4.95. The van der Waals surface area contributed by atoms with E-state index in [-0.39, 0.29) is 11.5 Å². The van der Waals surface area contributed by atoms with Crippen LogP contribution in [0, 0.1) is 46.3 Å². The van der Waals surface area contributed by atoms with E-state index in [4.69, 9.17) is 4.74 Å². The average molecular weight is 548 g/mol. The molecule has 0 aromatic carbocycles. The monoisotopic (exact) mass is 547 g/mol. The van der Waals surface area contributed by atoms with E-state index in [0.29, 0.717) is 5.41 Å². The van der Waals surface area contributed by atoms with E-state index in [1.165, 1.54) is 51.4 Å². The SMILES string of the molecule is CC(C)CCC[C@@H](C)[C@H]1CC[C@H]2[C@@H]3CC=C4C[C@@H](N[C@H]5O[C@H](CO)[C@@H](O)[C@@H](O)[C@@H]5O)CC[C@]4(C)[C@H]3CC[C@]12C. The second-order valence-electron chi connectivity index (χ2n) is 15.1. The van der Waals surface area contributed by atoms with Gasteiger partial charge in [-0.3, -0.25) is 5.32 Å². The van der Waals surface area contributed by atoms with Crippen molar-refractivity contribution >= 4 is 0 Å². The highest BCUT2D eigenvalue weighted by Crippen LogP contribution is 2.67. The third-order valence-electron chi connectivity index (χ3n) is 12.6. The summed E-state index contributed by atoms with van der Waals surface area (Å²) in [5.41, 5.74) is 2.32. The molecule has 5 rings (SSSR count). The zero-order valence-electron chi connectivity index (χ0n) is 25.2. The van der Waals surface area contributed by atoms with Crippen molar-refractivity contribution in [2.75, 3.05) is 6.61 Å². The maximum absolute atomic E-state index is 10.5. The molecule has 6 heteroatoms. The first-order chi connectivity index (χ1) is 18.5. The van der Waals surface area contributed by atoms with Crippen LogP contribution in [0.5, 0.6) is 0 Å². The van der Waals surface area contributed by atoms with Crippen molar-refractivity contribution < 1.29 is 25.2 Å². The van der Waals surface area contributed by atoms with E-state index in [0.717, 1.165) is 54.8 Å². The van der Waals surface area contributed by atoms with Gasteiger partial charge in [0.1, 0.15) is 30.6 Å². The van der Waals surface area contributed by atoms with Gasteiger partial charge in [-0.1, -0.05) is 65.5 Å². The molecular formula is C33H57NO5. The minimum Gasteiger partial charge on any atom is -0.394 e. The summed E-state index contributed by atoms with van der Waals surface area (Å²) in [6.45, 7) is 12.1. The molecule has 4 aliphatic carbocycles. The summed E-state index contributed by atoms with van der Waals surface area (Å²) in [5, 5.41) is 43.9. The van der Waals surface area contributed by atoms with Gasteiger partial charge in [-0.05, 0) is 97.7 Å². The second kappa shape index (κ2) is 11.6. The Bertz CT molecular complexity index is 876. The van der Waals surface area contributed by atoms with Crippen molar-refractivity contribution in [3.63, 3.8) is 0 Å². The molecule has 1 heterocycles. The lowest BCUT2D eigenvalue weighted by Gasteiger charge is -2.59. The molecule has 5 N–H and O–H groups in total.